The van der Waals surface area contributed by atoms with Crippen molar-refractivity contribution in [3.8, 4) is 0 Å². The van der Waals surface area contributed by atoms with Crippen molar-refractivity contribution < 1.29 is 23.6 Å². The molecule has 0 spiro atoms. The van der Waals surface area contributed by atoms with Gasteiger partial charge in [0.1, 0.15) is 11.6 Å². The molecule has 8 heteroatoms. The molecule has 3 aromatic carbocycles. The van der Waals surface area contributed by atoms with E-state index in [4.69, 9.17) is 9.41 Å². The number of aliphatic imine (C=N–C) groups is 1. The van der Waals surface area contributed by atoms with Crippen LogP contribution in [0.3, 0.4) is 0 Å². The lowest BCUT2D eigenvalue weighted by Gasteiger charge is -2.25. The van der Waals surface area contributed by atoms with Crippen molar-refractivity contribution in [2.75, 3.05) is 7.05 Å². The van der Waals surface area contributed by atoms with Gasteiger partial charge in [-0.2, -0.15) is 4.99 Å². The molecule has 6 nitrogen and oxygen atoms in total. The molecule has 1 aromatic heterocycles. The molecule has 0 fully saturated rings. The third kappa shape index (κ3) is 5.45. The number of amidine groups is 1. The molecule has 0 aliphatic carbocycles. The Bertz CT molecular complexity index is 1480. The Hall–Kier alpha value is -3.88. The molecule has 1 amide bonds. The number of quaternary nitrogens is 1. The van der Waals surface area contributed by atoms with Gasteiger partial charge in [-0.3, -0.25) is 0 Å². The van der Waals surface area contributed by atoms with Gasteiger partial charge in [-0.25, -0.2) is 19.1 Å². The molecule has 2 N–H and O–H groups in total. The molecule has 4 aromatic rings. The Morgan fingerprint density at radius 3 is 2.41 bits per heavy atom. The summed E-state index contributed by atoms with van der Waals surface area (Å²) in [5.74, 6) is -0.437. The molecule has 2 heterocycles. The molecule has 0 saturated carbocycles. The molecule has 186 valence electrons. The van der Waals surface area contributed by atoms with Gasteiger partial charge in [-0.1, -0.05) is 70.5 Å². The lowest BCUT2D eigenvalue weighted by molar-refractivity contribution is -0.697. The normalized spacial score (nSPS) is 16.6. The number of hydrogen-bond donors (Lipinski definition) is 2. The molecule has 1 aliphatic heterocycles. The maximum Gasteiger partial charge on any atom is 0.387 e. The van der Waals surface area contributed by atoms with Crippen molar-refractivity contribution in [3.63, 3.8) is 0 Å². The Morgan fingerprint density at radius 1 is 1.00 bits per heavy atom. The number of likely N-dealkylation sites (N-methyl/N-ethyl adjacent to an activating group) is 1. The van der Waals surface area contributed by atoms with Crippen LogP contribution in [0.5, 0.6) is 0 Å². The first-order valence-corrected chi connectivity index (χ1v) is 12.6. The number of carbonyl (C=O) groups excluding carboxylic acids is 1. The number of aliphatic hydroxyl groups is 1. The third-order valence-corrected chi connectivity index (χ3v) is 6.86. The predicted molar refractivity (Wildman–Crippen MR) is 142 cm³/mol. The average molecular weight is 561 g/mol. The average Bonchev–Trinajstić information content (AvgIpc) is 3.37. The van der Waals surface area contributed by atoms with E-state index in [1.165, 1.54) is 18.3 Å². The van der Waals surface area contributed by atoms with Gasteiger partial charge in [0.15, 0.2) is 5.70 Å². The third-order valence-electron chi connectivity index (χ3n) is 6.33. The zero-order chi connectivity index (χ0) is 25.9. The summed E-state index contributed by atoms with van der Waals surface area (Å²) < 4.78 is 20.1. The van der Waals surface area contributed by atoms with Gasteiger partial charge in [-0.05, 0) is 47.4 Å². The van der Waals surface area contributed by atoms with Crippen LogP contribution in [-0.4, -0.2) is 28.9 Å². The first-order valence-electron chi connectivity index (χ1n) is 11.8. The van der Waals surface area contributed by atoms with Crippen molar-refractivity contribution >= 4 is 33.4 Å². The van der Waals surface area contributed by atoms with E-state index in [1.807, 2.05) is 54.6 Å². The molecule has 5 rings (SSSR count). The van der Waals surface area contributed by atoms with Crippen LogP contribution in [0.15, 0.2) is 105 Å². The van der Waals surface area contributed by atoms with Crippen LogP contribution in [0, 0.1) is 5.82 Å². The Labute approximate surface area is 221 Å². The number of aromatic nitrogens is 1. The van der Waals surface area contributed by atoms with Gasteiger partial charge in [0.25, 0.3) is 5.76 Å². The quantitative estimate of drug-likeness (QED) is 0.338. The monoisotopic (exact) mass is 560 g/mol. The van der Waals surface area contributed by atoms with Gasteiger partial charge >= 0.3 is 5.91 Å². The highest BCUT2D eigenvalue weighted by Gasteiger charge is 2.40. The van der Waals surface area contributed by atoms with E-state index >= 15 is 0 Å². The maximum absolute atomic E-state index is 13.2. The summed E-state index contributed by atoms with van der Waals surface area (Å²) in [4.78, 5) is 22.6. The van der Waals surface area contributed by atoms with Crippen molar-refractivity contribution in [3.05, 3.63) is 129 Å². The summed E-state index contributed by atoms with van der Waals surface area (Å²) in [5.41, 5.74) is 2.93. The molecule has 0 radical (unpaired) electrons. The summed E-state index contributed by atoms with van der Waals surface area (Å²) in [7, 11) is 1.68. The first kappa shape index (κ1) is 24.8. The van der Waals surface area contributed by atoms with Gasteiger partial charge in [0.05, 0.1) is 19.2 Å². The van der Waals surface area contributed by atoms with Gasteiger partial charge in [0.2, 0.25) is 11.7 Å². The number of nitrogens with zero attached hydrogens (tertiary/aromatic N) is 2. The molecular weight excluding hydrogens is 537 g/mol. The smallest absolute Gasteiger partial charge is 0.387 e. The number of rotatable bonds is 7. The lowest BCUT2D eigenvalue weighted by Crippen LogP contribution is -3.15. The fourth-order valence-electron chi connectivity index (χ4n) is 4.37. The van der Waals surface area contributed by atoms with E-state index < -0.39 is 11.7 Å². The molecular formula is C29H24BrFN3O3+. The second kappa shape index (κ2) is 10.6. The fourth-order valence-corrected chi connectivity index (χ4v) is 4.63. The summed E-state index contributed by atoms with van der Waals surface area (Å²) in [5, 5.41) is 10.7. The Kier molecular flexibility index (Phi) is 7.12. The Morgan fingerprint density at radius 2 is 1.70 bits per heavy atom. The SMILES string of the molecule is C[NH+]1C(=O)C(O)=C(c2ncc(Cc3ccc(F)cc3)o2)N=C1C(Cc1ccccc1)c1ccc(Br)cc1. The molecule has 2 atom stereocenters. The van der Waals surface area contributed by atoms with E-state index in [2.05, 4.69) is 20.9 Å². The number of halogens is 2. The van der Waals surface area contributed by atoms with Crippen LogP contribution in [0.2, 0.25) is 0 Å². The summed E-state index contributed by atoms with van der Waals surface area (Å²) in [6.45, 7) is 0. The van der Waals surface area contributed by atoms with E-state index in [0.29, 0.717) is 29.3 Å². The number of amides is 1. The minimum absolute atomic E-state index is 0.00568. The van der Waals surface area contributed by atoms with E-state index in [1.54, 1.807) is 19.2 Å². The summed E-state index contributed by atoms with van der Waals surface area (Å²) in [6.07, 6.45) is 2.52. The fraction of sp³-hybridized carbons (Fsp3) is 0.138. The largest absolute Gasteiger partial charge is 0.499 e. The van der Waals surface area contributed by atoms with Crippen molar-refractivity contribution in [1.82, 2.24) is 4.98 Å². The lowest BCUT2D eigenvalue weighted by atomic mass is 9.89. The van der Waals surface area contributed by atoms with E-state index in [0.717, 1.165) is 21.2 Å². The first-order chi connectivity index (χ1) is 17.9. The summed E-state index contributed by atoms with van der Waals surface area (Å²) >= 11 is 3.49. The molecule has 0 bridgehead atoms. The second-order valence-electron chi connectivity index (χ2n) is 8.88. The highest BCUT2D eigenvalue weighted by molar-refractivity contribution is 9.10. The predicted octanol–water partition coefficient (Wildman–Crippen LogP) is 4.87. The minimum atomic E-state index is -0.506. The van der Waals surface area contributed by atoms with Gasteiger partial charge in [-0.15, -0.1) is 0 Å². The topological polar surface area (TPSA) is 80.1 Å². The zero-order valence-corrected chi connectivity index (χ0v) is 21.6. The number of oxazole rings is 1. The Balaban J connectivity index is 1.52. The van der Waals surface area contributed by atoms with Crippen LogP contribution in [-0.2, 0) is 17.6 Å². The molecule has 1 aliphatic rings. The standard InChI is InChI=1S/C29H23BrFN3O3/c1-34-27(24(16-18-5-3-2-4-6-18)20-9-11-21(30)12-10-20)33-25(26(35)29(34)36)28-32-17-23(37-28)15-19-7-13-22(31)14-8-19/h2-14,17,24,35H,15-16H2,1H3/p+1. The molecule has 2 unspecified atom stereocenters. The number of nitrogens with one attached hydrogen (secondary N) is 1. The highest BCUT2D eigenvalue weighted by atomic mass is 79.9. The van der Waals surface area contributed by atoms with Crippen LogP contribution in [0.4, 0.5) is 4.39 Å². The zero-order valence-electron chi connectivity index (χ0n) is 20.0. The van der Waals surface area contributed by atoms with Gasteiger partial charge < -0.3 is 9.52 Å². The minimum Gasteiger partial charge on any atom is -0.499 e. The molecule has 0 saturated heterocycles. The van der Waals surface area contributed by atoms with Crippen molar-refractivity contribution in [2.45, 2.75) is 18.8 Å². The van der Waals surface area contributed by atoms with Crippen LogP contribution < -0.4 is 4.90 Å². The van der Waals surface area contributed by atoms with Crippen LogP contribution >= 0.6 is 15.9 Å². The van der Waals surface area contributed by atoms with Crippen LogP contribution in [0.25, 0.3) is 5.70 Å². The van der Waals surface area contributed by atoms with E-state index in [-0.39, 0.29) is 23.3 Å². The molecule has 37 heavy (non-hydrogen) atoms. The maximum atomic E-state index is 13.2. The number of benzene rings is 3. The van der Waals surface area contributed by atoms with E-state index in [9.17, 15) is 14.3 Å². The number of hydrogen-bond acceptors (Lipinski definition) is 5. The highest BCUT2D eigenvalue weighted by Crippen LogP contribution is 2.28. The summed E-state index contributed by atoms with van der Waals surface area (Å²) in [6, 6.07) is 24.0. The number of aliphatic hydroxyl groups excluding tert-OH is 1. The van der Waals surface area contributed by atoms with Gasteiger partial charge in [0, 0.05) is 10.9 Å². The van der Waals surface area contributed by atoms with Crippen molar-refractivity contribution in [2.24, 2.45) is 4.99 Å². The van der Waals surface area contributed by atoms with Crippen molar-refractivity contribution in [1.29, 1.82) is 0 Å². The van der Waals surface area contributed by atoms with Crippen LogP contribution in [0.1, 0.15) is 34.3 Å². The number of carbonyl (C=O) groups is 1. The second-order valence-corrected chi connectivity index (χ2v) is 9.79.